The van der Waals surface area contributed by atoms with Crippen molar-refractivity contribution < 1.29 is 17.9 Å². The molecule has 1 saturated heterocycles. The van der Waals surface area contributed by atoms with Crippen LogP contribution in [0.2, 0.25) is 0 Å². The van der Waals surface area contributed by atoms with Crippen molar-refractivity contribution in [2.75, 3.05) is 43.5 Å². The molecule has 1 aromatic rings. The maximum Gasteiger partial charge on any atom is 0.243 e. The topological polar surface area (TPSA) is 79.0 Å². The molecule has 1 aromatic carbocycles. The van der Waals surface area contributed by atoms with Crippen LogP contribution in [0, 0.1) is 0 Å². The van der Waals surface area contributed by atoms with Crippen molar-refractivity contribution in [3.05, 3.63) is 18.2 Å². The van der Waals surface area contributed by atoms with Crippen LogP contribution < -0.4 is 10.2 Å². The zero-order valence-electron chi connectivity index (χ0n) is 16.7. The second-order valence-corrected chi connectivity index (χ2v) is 8.70. The number of sulfonamides is 1. The quantitative estimate of drug-likeness (QED) is 0.693. The Labute approximate surface area is 162 Å². The van der Waals surface area contributed by atoms with E-state index in [1.54, 1.807) is 25.3 Å². The molecule has 7 nitrogen and oxygen atoms in total. The number of ether oxygens (including phenoxy) is 1. The molecule has 1 aliphatic heterocycles. The highest BCUT2D eigenvalue weighted by Gasteiger charge is 2.25. The monoisotopic (exact) mass is 397 g/mol. The molecular weight excluding hydrogens is 366 g/mol. The van der Waals surface area contributed by atoms with Gasteiger partial charge in [0.05, 0.1) is 28.8 Å². The fourth-order valence-corrected chi connectivity index (χ4v) is 4.75. The van der Waals surface area contributed by atoms with Gasteiger partial charge < -0.3 is 15.0 Å². The zero-order chi connectivity index (χ0) is 20.0. The van der Waals surface area contributed by atoms with E-state index in [9.17, 15) is 13.2 Å². The maximum atomic E-state index is 12.9. The summed E-state index contributed by atoms with van der Waals surface area (Å²) in [7, 11) is -2.03. The molecule has 0 saturated carbocycles. The average molecular weight is 398 g/mol. The number of nitrogens with one attached hydrogen (secondary N) is 1. The molecule has 0 aliphatic carbocycles. The van der Waals surface area contributed by atoms with Crippen LogP contribution >= 0.6 is 0 Å². The van der Waals surface area contributed by atoms with Gasteiger partial charge in [-0.3, -0.25) is 4.79 Å². The lowest BCUT2D eigenvalue weighted by atomic mass is 10.2. The van der Waals surface area contributed by atoms with Crippen LogP contribution in [-0.2, 0) is 19.6 Å². The third-order valence-electron chi connectivity index (χ3n) is 4.91. The minimum Gasteiger partial charge on any atom is -0.381 e. The van der Waals surface area contributed by atoms with Gasteiger partial charge in [0, 0.05) is 33.3 Å². The predicted molar refractivity (Wildman–Crippen MR) is 108 cm³/mol. The lowest BCUT2D eigenvalue weighted by Gasteiger charge is -2.24. The van der Waals surface area contributed by atoms with Crippen molar-refractivity contribution >= 4 is 27.3 Å². The summed E-state index contributed by atoms with van der Waals surface area (Å²) < 4.78 is 32.3. The Morgan fingerprint density at radius 1 is 1.26 bits per heavy atom. The first kappa shape index (κ1) is 21.7. The Hall–Kier alpha value is -1.64. The van der Waals surface area contributed by atoms with Gasteiger partial charge in [0.1, 0.15) is 0 Å². The van der Waals surface area contributed by atoms with Crippen molar-refractivity contribution in [2.24, 2.45) is 0 Å². The molecule has 0 bridgehead atoms. The minimum atomic E-state index is -3.59. The summed E-state index contributed by atoms with van der Waals surface area (Å²) in [6.07, 6.45) is 2.19. The zero-order valence-corrected chi connectivity index (χ0v) is 17.5. The Bertz CT molecular complexity index is 741. The normalized spacial score (nSPS) is 16.0. The first-order valence-electron chi connectivity index (χ1n) is 9.55. The van der Waals surface area contributed by atoms with Crippen molar-refractivity contribution in [2.45, 2.75) is 51.0 Å². The number of carbonyl (C=O) groups excluding carboxylic acids is 1. The molecule has 1 amide bonds. The first-order chi connectivity index (χ1) is 12.8. The van der Waals surface area contributed by atoms with Crippen molar-refractivity contribution in [1.82, 2.24) is 4.31 Å². The summed E-state index contributed by atoms with van der Waals surface area (Å²) in [6, 6.07) is 5.02. The molecule has 1 atom stereocenters. The van der Waals surface area contributed by atoms with Crippen molar-refractivity contribution in [1.29, 1.82) is 0 Å². The molecule has 0 radical (unpaired) electrons. The van der Waals surface area contributed by atoms with Gasteiger partial charge in [-0.1, -0.05) is 13.8 Å². The summed E-state index contributed by atoms with van der Waals surface area (Å²) in [5.41, 5.74) is 1.41. The Morgan fingerprint density at radius 2 is 1.89 bits per heavy atom. The molecule has 0 spiro atoms. The molecule has 152 valence electrons. The van der Waals surface area contributed by atoms with Crippen LogP contribution in [0.25, 0.3) is 0 Å². The number of hydrogen-bond acceptors (Lipinski definition) is 5. The van der Waals surface area contributed by atoms with Crippen LogP contribution in [0.3, 0.4) is 0 Å². The Kier molecular flexibility index (Phi) is 7.64. The number of methoxy groups -OCH3 is 1. The molecular formula is C19H31N3O4S. The number of rotatable bonds is 9. The number of hydrogen-bond donors (Lipinski definition) is 1. The van der Waals surface area contributed by atoms with E-state index in [0.29, 0.717) is 18.8 Å². The maximum absolute atomic E-state index is 12.9. The first-order valence-corrected chi connectivity index (χ1v) is 11.0. The molecule has 1 aliphatic rings. The van der Waals surface area contributed by atoms with Crippen molar-refractivity contribution in [3.63, 3.8) is 0 Å². The Balaban J connectivity index is 2.38. The lowest BCUT2D eigenvalue weighted by molar-refractivity contribution is -0.118. The summed E-state index contributed by atoms with van der Waals surface area (Å²) >= 11 is 0. The van der Waals surface area contributed by atoms with Crippen LogP contribution in [0.5, 0.6) is 0 Å². The number of anilines is 2. The largest absolute Gasteiger partial charge is 0.381 e. The molecule has 1 N–H and O–H groups in total. The fourth-order valence-electron chi connectivity index (χ4n) is 3.27. The highest BCUT2D eigenvalue weighted by molar-refractivity contribution is 7.89. The van der Waals surface area contributed by atoms with Crippen molar-refractivity contribution in [3.8, 4) is 0 Å². The third kappa shape index (κ3) is 5.21. The molecule has 0 aromatic heterocycles. The van der Waals surface area contributed by atoms with Gasteiger partial charge in [-0.05, 0) is 38.0 Å². The highest BCUT2D eigenvalue weighted by Crippen LogP contribution is 2.32. The van der Waals surface area contributed by atoms with E-state index in [2.05, 4.69) is 10.2 Å². The van der Waals surface area contributed by atoms with Gasteiger partial charge >= 0.3 is 0 Å². The lowest BCUT2D eigenvalue weighted by Crippen LogP contribution is -2.31. The number of benzene rings is 1. The molecule has 8 heteroatoms. The van der Waals surface area contributed by atoms with E-state index in [-0.39, 0.29) is 23.3 Å². The molecule has 27 heavy (non-hydrogen) atoms. The highest BCUT2D eigenvalue weighted by atomic mass is 32.2. The summed E-state index contributed by atoms with van der Waals surface area (Å²) in [6.45, 7) is 8.06. The van der Waals surface area contributed by atoms with Crippen LogP contribution in [0.4, 0.5) is 11.4 Å². The van der Waals surface area contributed by atoms with E-state index >= 15 is 0 Å². The van der Waals surface area contributed by atoms with E-state index in [1.807, 2.05) is 20.8 Å². The van der Waals surface area contributed by atoms with Gasteiger partial charge in [-0.2, -0.15) is 4.31 Å². The summed E-state index contributed by atoms with van der Waals surface area (Å²) in [4.78, 5) is 14.8. The van der Waals surface area contributed by atoms with Gasteiger partial charge in [-0.15, -0.1) is 0 Å². The van der Waals surface area contributed by atoms with Crippen LogP contribution in [-0.4, -0.2) is 58.0 Å². The smallest absolute Gasteiger partial charge is 0.243 e. The third-order valence-corrected chi connectivity index (χ3v) is 6.95. The fraction of sp³-hybridized carbons (Fsp3) is 0.632. The number of carbonyl (C=O) groups is 1. The molecule has 0 unspecified atom stereocenters. The van der Waals surface area contributed by atoms with Gasteiger partial charge in [0.25, 0.3) is 0 Å². The second-order valence-electron chi connectivity index (χ2n) is 6.76. The van der Waals surface area contributed by atoms with E-state index < -0.39 is 10.0 Å². The van der Waals surface area contributed by atoms with E-state index in [4.69, 9.17) is 4.74 Å². The minimum absolute atomic E-state index is 0.192. The Morgan fingerprint density at radius 3 is 2.44 bits per heavy atom. The van der Waals surface area contributed by atoms with E-state index in [0.717, 1.165) is 31.6 Å². The molecule has 2 rings (SSSR count). The SMILES string of the molecule is CCN(CC)S(=O)(=O)c1ccc(N2CCCC2)c(NC(=O)C[C@@H](C)OC)c1. The van der Waals surface area contributed by atoms with Crippen LogP contribution in [0.1, 0.15) is 40.0 Å². The van der Waals surface area contributed by atoms with E-state index in [1.165, 1.54) is 4.31 Å². The summed E-state index contributed by atoms with van der Waals surface area (Å²) in [5, 5.41) is 2.90. The molecule has 1 heterocycles. The standard InChI is InChI=1S/C19H31N3O4S/c1-5-22(6-2)27(24,25)16-9-10-18(21-11-7-8-12-21)17(14-16)20-19(23)13-15(3)26-4/h9-10,14-15H,5-8,11-13H2,1-4H3,(H,20,23)/t15-/m1/s1. The van der Waals surface area contributed by atoms with Gasteiger partial charge in [0.15, 0.2) is 0 Å². The van der Waals surface area contributed by atoms with Crippen LogP contribution in [0.15, 0.2) is 23.1 Å². The number of amides is 1. The van der Waals surface area contributed by atoms with Gasteiger partial charge in [0.2, 0.25) is 15.9 Å². The molecule has 1 fully saturated rings. The number of nitrogens with zero attached hydrogens (tertiary/aromatic N) is 2. The summed E-state index contributed by atoms with van der Waals surface area (Å²) in [5.74, 6) is -0.192. The second kappa shape index (κ2) is 9.52. The van der Waals surface area contributed by atoms with Gasteiger partial charge in [-0.25, -0.2) is 8.42 Å². The average Bonchev–Trinajstić information content (AvgIpc) is 3.16. The predicted octanol–water partition coefficient (Wildman–Crippen LogP) is 2.68.